The number of oxazole rings is 1. The number of amides is 1. The van der Waals surface area contributed by atoms with E-state index in [1.807, 2.05) is 49.7 Å². The lowest BCUT2D eigenvalue weighted by Gasteiger charge is -2.15. The molecule has 5 heterocycles. The first kappa shape index (κ1) is 30.3. The van der Waals surface area contributed by atoms with Gasteiger partial charge in [-0.1, -0.05) is 12.1 Å². The van der Waals surface area contributed by atoms with Gasteiger partial charge in [-0.15, -0.1) is 0 Å². The fraction of sp³-hybridized carbons (Fsp3) is 0.314. The number of carboxylic acid groups (broad SMARTS) is 1. The van der Waals surface area contributed by atoms with E-state index in [1.54, 1.807) is 18.5 Å². The number of rotatable bonds is 7. The van der Waals surface area contributed by atoms with Crippen LogP contribution < -0.4 is 10.6 Å². The number of aromatic nitrogens is 4. The van der Waals surface area contributed by atoms with Crippen molar-refractivity contribution in [3.05, 3.63) is 82.2 Å². The highest BCUT2D eigenvalue weighted by Gasteiger charge is 2.28. The SMILES string of the molecule is Cc1c(NC(=O)c2nc3c(n2C)CCNC3)cccc1-c1cncc(-c2nc3cc(CN4CCC(C(=O)O)C4)cc(C#N)c3o2)c1C. The van der Waals surface area contributed by atoms with Gasteiger partial charge in [0.2, 0.25) is 5.89 Å². The third-order valence-electron chi connectivity index (χ3n) is 9.35. The highest BCUT2D eigenvalue weighted by Crippen LogP contribution is 2.36. The van der Waals surface area contributed by atoms with Crippen molar-refractivity contribution in [2.45, 2.75) is 39.8 Å². The van der Waals surface area contributed by atoms with Crippen LogP contribution in [-0.4, -0.2) is 61.0 Å². The van der Waals surface area contributed by atoms with E-state index >= 15 is 0 Å². The molecule has 1 amide bonds. The van der Waals surface area contributed by atoms with Crippen LogP contribution >= 0.6 is 0 Å². The zero-order valence-electron chi connectivity index (χ0n) is 26.4. The third kappa shape index (κ3) is 5.54. The van der Waals surface area contributed by atoms with E-state index in [0.717, 1.165) is 52.2 Å². The molecule has 2 aliphatic rings. The van der Waals surface area contributed by atoms with Gasteiger partial charge in [-0.05, 0) is 67.3 Å². The lowest BCUT2D eigenvalue weighted by Crippen LogP contribution is -2.24. The number of pyridine rings is 1. The van der Waals surface area contributed by atoms with Gasteiger partial charge in [-0.25, -0.2) is 9.97 Å². The summed E-state index contributed by atoms with van der Waals surface area (Å²) in [4.78, 5) is 40.8. The molecule has 47 heavy (non-hydrogen) atoms. The lowest BCUT2D eigenvalue weighted by atomic mass is 9.95. The number of nitrogens with one attached hydrogen (secondary N) is 2. The maximum Gasteiger partial charge on any atom is 0.307 e. The molecule has 2 aromatic carbocycles. The third-order valence-corrected chi connectivity index (χ3v) is 9.35. The number of carbonyl (C=O) groups is 2. The van der Waals surface area contributed by atoms with Crippen LogP contribution in [0.1, 0.15) is 50.7 Å². The summed E-state index contributed by atoms with van der Waals surface area (Å²) in [6, 6.07) is 11.7. The molecule has 5 aromatic rings. The summed E-state index contributed by atoms with van der Waals surface area (Å²) in [6.07, 6.45) is 4.92. The smallest absolute Gasteiger partial charge is 0.307 e. The number of carbonyl (C=O) groups excluding carboxylic acids is 1. The molecule has 0 aliphatic carbocycles. The summed E-state index contributed by atoms with van der Waals surface area (Å²) in [5, 5.41) is 25.7. The van der Waals surface area contributed by atoms with Crippen molar-refractivity contribution in [1.29, 1.82) is 5.26 Å². The molecule has 3 aromatic heterocycles. The monoisotopic (exact) mass is 630 g/mol. The van der Waals surface area contributed by atoms with Gasteiger partial charge in [-0.2, -0.15) is 5.26 Å². The minimum atomic E-state index is -0.778. The summed E-state index contributed by atoms with van der Waals surface area (Å²) in [7, 11) is 1.88. The molecule has 238 valence electrons. The van der Waals surface area contributed by atoms with Gasteiger partial charge < -0.3 is 24.7 Å². The summed E-state index contributed by atoms with van der Waals surface area (Å²) in [6.45, 7) is 7.14. The maximum absolute atomic E-state index is 13.4. The fourth-order valence-electron chi connectivity index (χ4n) is 6.73. The number of aliphatic carboxylic acids is 1. The summed E-state index contributed by atoms with van der Waals surface area (Å²) in [5.74, 6) is -0.691. The Morgan fingerprint density at radius 3 is 2.74 bits per heavy atom. The van der Waals surface area contributed by atoms with Crippen molar-refractivity contribution in [2.75, 3.05) is 25.0 Å². The lowest BCUT2D eigenvalue weighted by molar-refractivity contribution is -0.141. The largest absolute Gasteiger partial charge is 0.481 e. The van der Waals surface area contributed by atoms with Crippen molar-refractivity contribution < 1.29 is 19.1 Å². The van der Waals surface area contributed by atoms with E-state index in [2.05, 4.69) is 31.6 Å². The van der Waals surface area contributed by atoms with Crippen molar-refractivity contribution in [1.82, 2.24) is 29.7 Å². The topological polar surface area (TPSA) is 162 Å². The number of nitriles is 1. The molecule has 12 heteroatoms. The van der Waals surface area contributed by atoms with Crippen LogP contribution in [0.15, 0.2) is 47.1 Å². The van der Waals surface area contributed by atoms with E-state index in [0.29, 0.717) is 72.2 Å². The molecule has 1 saturated heterocycles. The van der Waals surface area contributed by atoms with E-state index < -0.39 is 5.97 Å². The number of likely N-dealkylation sites (tertiary alicyclic amines) is 1. The molecule has 12 nitrogen and oxygen atoms in total. The highest BCUT2D eigenvalue weighted by atomic mass is 16.4. The van der Waals surface area contributed by atoms with Gasteiger partial charge in [0.25, 0.3) is 5.91 Å². The van der Waals surface area contributed by atoms with Crippen LogP contribution in [-0.2, 0) is 31.4 Å². The molecule has 1 unspecified atom stereocenters. The van der Waals surface area contributed by atoms with Crippen molar-refractivity contribution in [2.24, 2.45) is 13.0 Å². The van der Waals surface area contributed by atoms with Gasteiger partial charge in [0, 0.05) is 69.0 Å². The van der Waals surface area contributed by atoms with Crippen LogP contribution in [0.2, 0.25) is 0 Å². The van der Waals surface area contributed by atoms with Gasteiger partial charge in [0.05, 0.1) is 22.7 Å². The Kier molecular flexibility index (Phi) is 7.79. The Bertz CT molecular complexity index is 2110. The number of carboxylic acids is 1. The molecule has 3 N–H and O–H groups in total. The molecule has 0 bridgehead atoms. The van der Waals surface area contributed by atoms with Crippen molar-refractivity contribution >= 4 is 28.7 Å². The summed E-state index contributed by atoms with van der Waals surface area (Å²) >= 11 is 0. The molecule has 2 aliphatic heterocycles. The normalized spacial score (nSPS) is 16.3. The maximum atomic E-state index is 13.4. The first-order chi connectivity index (χ1) is 22.7. The molecule has 1 atom stereocenters. The number of anilines is 1. The van der Waals surface area contributed by atoms with Crippen LogP contribution in [0, 0.1) is 31.1 Å². The second kappa shape index (κ2) is 12.1. The average molecular weight is 631 g/mol. The van der Waals surface area contributed by atoms with Gasteiger partial charge in [-0.3, -0.25) is 19.5 Å². The molecular weight excluding hydrogens is 596 g/mol. The summed E-state index contributed by atoms with van der Waals surface area (Å²) in [5.41, 5.74) is 9.08. The Morgan fingerprint density at radius 1 is 1.15 bits per heavy atom. The van der Waals surface area contributed by atoms with E-state index in [1.165, 1.54) is 0 Å². The second-order valence-corrected chi connectivity index (χ2v) is 12.3. The number of nitrogens with zero attached hydrogens (tertiary/aromatic N) is 6. The fourth-order valence-corrected chi connectivity index (χ4v) is 6.73. The average Bonchev–Trinajstić information content (AvgIpc) is 3.80. The number of fused-ring (bicyclic) bond motifs is 2. The van der Waals surface area contributed by atoms with Gasteiger partial charge in [0.15, 0.2) is 11.4 Å². The predicted molar refractivity (Wildman–Crippen MR) is 174 cm³/mol. The predicted octanol–water partition coefficient (Wildman–Crippen LogP) is 4.58. The number of hydrogen-bond donors (Lipinski definition) is 3. The Balaban J connectivity index is 1.18. The second-order valence-electron chi connectivity index (χ2n) is 12.3. The first-order valence-corrected chi connectivity index (χ1v) is 15.6. The van der Waals surface area contributed by atoms with Gasteiger partial charge >= 0.3 is 5.97 Å². The number of hydrogen-bond acceptors (Lipinski definition) is 9. The van der Waals surface area contributed by atoms with Gasteiger partial charge in [0.1, 0.15) is 11.6 Å². The molecule has 0 spiro atoms. The molecule has 0 saturated carbocycles. The minimum absolute atomic E-state index is 0.267. The van der Waals surface area contributed by atoms with E-state index in [-0.39, 0.29) is 11.8 Å². The zero-order chi connectivity index (χ0) is 32.8. The summed E-state index contributed by atoms with van der Waals surface area (Å²) < 4.78 is 8.07. The zero-order valence-corrected chi connectivity index (χ0v) is 26.4. The highest BCUT2D eigenvalue weighted by molar-refractivity contribution is 6.03. The van der Waals surface area contributed by atoms with E-state index in [4.69, 9.17) is 9.40 Å². The van der Waals surface area contributed by atoms with Crippen LogP contribution in [0.25, 0.3) is 33.7 Å². The van der Waals surface area contributed by atoms with Crippen LogP contribution in [0.3, 0.4) is 0 Å². The Hall–Kier alpha value is -5.38. The van der Waals surface area contributed by atoms with Crippen molar-refractivity contribution in [3.63, 3.8) is 0 Å². The standard InChI is InChI=1S/C35H34N8O4/c1-19-25(24-5-4-6-27(20(24)2)40-33(44)32-39-29-16-37-9-7-30(29)42(32)3)14-38-15-26(19)34-41-28-12-21(11-23(13-36)31(28)47-34)17-43-10-8-22(18-43)35(45)46/h4-6,11-12,14-15,22,37H,7-10,16-18H2,1-3H3,(H,40,44)(H,45,46). The number of imidazole rings is 1. The molecule has 1 fully saturated rings. The molecule has 7 rings (SSSR count). The number of benzene rings is 2. The quantitative estimate of drug-likeness (QED) is 0.232. The first-order valence-electron chi connectivity index (χ1n) is 15.6. The van der Waals surface area contributed by atoms with Crippen LogP contribution in [0.5, 0.6) is 0 Å². The Labute approximate surface area is 271 Å². The van der Waals surface area contributed by atoms with E-state index in [9.17, 15) is 20.0 Å². The molecule has 0 radical (unpaired) electrons. The minimum Gasteiger partial charge on any atom is -0.481 e. The van der Waals surface area contributed by atoms with Crippen LogP contribution in [0.4, 0.5) is 5.69 Å². The van der Waals surface area contributed by atoms with Crippen molar-refractivity contribution in [3.8, 4) is 28.7 Å². The molecular formula is C35H34N8O4. The Morgan fingerprint density at radius 2 is 1.98 bits per heavy atom.